The molecule has 0 N–H and O–H groups in total. The summed E-state index contributed by atoms with van der Waals surface area (Å²) in [7, 11) is 0. The molecule has 2 aromatic rings. The standard InChI is InChI=1S/C18H19BrOS/c1-3-4-17(21-2)13-5-7-14(8-6-13)18(20)15-9-11-16(19)12-10-15/h5-12,17H,3-4H2,1-2H3. The maximum absolute atomic E-state index is 12.4. The third kappa shape index (κ3) is 4.21. The highest BCUT2D eigenvalue weighted by molar-refractivity contribution is 9.10. The van der Waals surface area contributed by atoms with E-state index < -0.39 is 0 Å². The lowest BCUT2D eigenvalue weighted by Gasteiger charge is -2.14. The lowest BCUT2D eigenvalue weighted by Crippen LogP contribution is -2.02. The van der Waals surface area contributed by atoms with Crippen LogP contribution in [0.2, 0.25) is 0 Å². The van der Waals surface area contributed by atoms with Gasteiger partial charge in [-0.3, -0.25) is 4.79 Å². The van der Waals surface area contributed by atoms with Gasteiger partial charge in [0.1, 0.15) is 0 Å². The molecule has 0 fully saturated rings. The van der Waals surface area contributed by atoms with Crippen molar-refractivity contribution in [2.75, 3.05) is 6.26 Å². The van der Waals surface area contributed by atoms with Crippen LogP contribution in [0.3, 0.4) is 0 Å². The molecule has 1 nitrogen and oxygen atoms in total. The third-order valence-electron chi connectivity index (χ3n) is 3.49. The lowest BCUT2D eigenvalue weighted by molar-refractivity contribution is 0.103. The number of hydrogen-bond donors (Lipinski definition) is 0. The Morgan fingerprint density at radius 3 is 2.05 bits per heavy atom. The Balaban J connectivity index is 2.18. The number of halogens is 1. The number of carbonyl (C=O) groups is 1. The van der Waals surface area contributed by atoms with Gasteiger partial charge in [-0.25, -0.2) is 0 Å². The molecule has 1 atom stereocenters. The first-order chi connectivity index (χ1) is 10.2. The van der Waals surface area contributed by atoms with E-state index in [9.17, 15) is 4.79 Å². The molecule has 0 spiro atoms. The van der Waals surface area contributed by atoms with Gasteiger partial charge < -0.3 is 0 Å². The quantitative estimate of drug-likeness (QED) is 0.596. The van der Waals surface area contributed by atoms with Crippen molar-refractivity contribution in [3.8, 4) is 0 Å². The first-order valence-electron chi connectivity index (χ1n) is 7.08. The molecular weight excluding hydrogens is 344 g/mol. The van der Waals surface area contributed by atoms with Crippen LogP contribution in [0.1, 0.15) is 46.5 Å². The van der Waals surface area contributed by atoms with E-state index in [1.807, 2.05) is 48.2 Å². The molecule has 2 rings (SSSR count). The summed E-state index contributed by atoms with van der Waals surface area (Å²) in [4.78, 5) is 12.4. The number of ketones is 1. The van der Waals surface area contributed by atoms with E-state index >= 15 is 0 Å². The Morgan fingerprint density at radius 2 is 1.57 bits per heavy atom. The first kappa shape index (κ1) is 16.3. The Morgan fingerprint density at radius 1 is 1.05 bits per heavy atom. The predicted molar refractivity (Wildman–Crippen MR) is 95.2 cm³/mol. The Kier molecular flexibility index (Phi) is 6.07. The first-order valence-corrected chi connectivity index (χ1v) is 9.16. The van der Waals surface area contributed by atoms with Crippen molar-refractivity contribution in [1.29, 1.82) is 0 Å². The fourth-order valence-corrected chi connectivity index (χ4v) is 3.46. The van der Waals surface area contributed by atoms with E-state index in [4.69, 9.17) is 0 Å². The number of thioether (sulfide) groups is 1. The van der Waals surface area contributed by atoms with Crippen LogP contribution in [0, 0.1) is 0 Å². The smallest absolute Gasteiger partial charge is 0.193 e. The second kappa shape index (κ2) is 7.81. The summed E-state index contributed by atoms with van der Waals surface area (Å²) in [5, 5.41) is 0.520. The van der Waals surface area contributed by atoms with Gasteiger partial charge in [0.05, 0.1) is 0 Å². The minimum atomic E-state index is 0.0743. The van der Waals surface area contributed by atoms with Crippen LogP contribution < -0.4 is 0 Å². The fraction of sp³-hybridized carbons (Fsp3) is 0.278. The van der Waals surface area contributed by atoms with Crippen LogP contribution >= 0.6 is 27.7 Å². The monoisotopic (exact) mass is 362 g/mol. The molecule has 110 valence electrons. The molecule has 3 heteroatoms. The maximum Gasteiger partial charge on any atom is 0.193 e. The van der Waals surface area contributed by atoms with Crippen molar-refractivity contribution in [3.63, 3.8) is 0 Å². The van der Waals surface area contributed by atoms with E-state index in [-0.39, 0.29) is 5.78 Å². The average Bonchev–Trinajstić information content (AvgIpc) is 2.53. The topological polar surface area (TPSA) is 17.1 Å². The molecule has 0 radical (unpaired) electrons. The number of hydrogen-bond acceptors (Lipinski definition) is 2. The average molecular weight is 363 g/mol. The van der Waals surface area contributed by atoms with Crippen molar-refractivity contribution in [2.45, 2.75) is 25.0 Å². The van der Waals surface area contributed by atoms with Gasteiger partial charge in [-0.2, -0.15) is 11.8 Å². The number of rotatable bonds is 6. The summed E-state index contributed by atoms with van der Waals surface area (Å²) in [6.07, 6.45) is 4.48. The molecule has 0 amide bonds. The van der Waals surface area contributed by atoms with E-state index in [2.05, 4.69) is 41.2 Å². The fourth-order valence-electron chi connectivity index (χ4n) is 2.30. The minimum Gasteiger partial charge on any atom is -0.289 e. The molecular formula is C18H19BrOS. The molecule has 0 aromatic heterocycles. The molecule has 0 heterocycles. The van der Waals surface area contributed by atoms with Gasteiger partial charge in [-0.05, 0) is 42.5 Å². The molecule has 2 aromatic carbocycles. The summed E-state index contributed by atoms with van der Waals surface area (Å²) >= 11 is 5.25. The molecule has 1 unspecified atom stereocenters. The van der Waals surface area contributed by atoms with Crippen LogP contribution in [0.4, 0.5) is 0 Å². The van der Waals surface area contributed by atoms with Gasteiger partial charge in [0.2, 0.25) is 0 Å². The lowest BCUT2D eigenvalue weighted by atomic mass is 10.0. The molecule has 0 saturated carbocycles. The summed E-state index contributed by atoms with van der Waals surface area (Å²) in [6, 6.07) is 15.5. The molecule has 0 aliphatic carbocycles. The summed E-state index contributed by atoms with van der Waals surface area (Å²) in [5.74, 6) is 0.0743. The highest BCUT2D eigenvalue weighted by Gasteiger charge is 2.12. The SMILES string of the molecule is CCCC(SC)c1ccc(C(=O)c2ccc(Br)cc2)cc1. The summed E-state index contributed by atoms with van der Waals surface area (Å²) in [6.45, 7) is 2.20. The molecule has 0 aliphatic heterocycles. The predicted octanol–water partition coefficient (Wildman–Crippen LogP) is 5.88. The van der Waals surface area contributed by atoms with E-state index in [1.54, 1.807) is 0 Å². The summed E-state index contributed by atoms with van der Waals surface area (Å²) < 4.78 is 0.983. The van der Waals surface area contributed by atoms with Crippen LogP contribution in [0.15, 0.2) is 53.0 Å². The zero-order valence-electron chi connectivity index (χ0n) is 12.3. The third-order valence-corrected chi connectivity index (χ3v) is 5.09. The number of carbonyl (C=O) groups excluding carboxylic acids is 1. The number of benzene rings is 2. The van der Waals surface area contributed by atoms with E-state index in [0.717, 1.165) is 15.6 Å². The Bertz CT molecular complexity index is 590. The maximum atomic E-state index is 12.4. The van der Waals surface area contributed by atoms with Crippen LogP contribution in [0.5, 0.6) is 0 Å². The van der Waals surface area contributed by atoms with Crippen molar-refractivity contribution in [3.05, 3.63) is 69.7 Å². The van der Waals surface area contributed by atoms with Gasteiger partial charge >= 0.3 is 0 Å². The van der Waals surface area contributed by atoms with Crippen LogP contribution in [0.25, 0.3) is 0 Å². The van der Waals surface area contributed by atoms with Crippen molar-refractivity contribution in [2.24, 2.45) is 0 Å². The Hall–Kier alpha value is -1.06. The van der Waals surface area contributed by atoms with E-state index in [1.165, 1.54) is 18.4 Å². The summed E-state index contributed by atoms with van der Waals surface area (Å²) in [5.41, 5.74) is 2.77. The van der Waals surface area contributed by atoms with Gasteiger partial charge in [-0.1, -0.05) is 53.5 Å². The van der Waals surface area contributed by atoms with Crippen molar-refractivity contribution in [1.82, 2.24) is 0 Å². The molecule has 21 heavy (non-hydrogen) atoms. The Labute approximate surface area is 139 Å². The molecule has 0 bridgehead atoms. The van der Waals surface area contributed by atoms with Gasteiger partial charge in [-0.15, -0.1) is 0 Å². The zero-order valence-corrected chi connectivity index (χ0v) is 14.7. The minimum absolute atomic E-state index is 0.0743. The zero-order chi connectivity index (χ0) is 15.2. The normalized spacial score (nSPS) is 12.1. The van der Waals surface area contributed by atoms with Crippen LogP contribution in [-0.2, 0) is 0 Å². The van der Waals surface area contributed by atoms with Gasteiger partial charge in [0, 0.05) is 20.8 Å². The van der Waals surface area contributed by atoms with Crippen molar-refractivity contribution >= 4 is 33.5 Å². The highest BCUT2D eigenvalue weighted by atomic mass is 79.9. The van der Waals surface area contributed by atoms with Crippen LogP contribution in [-0.4, -0.2) is 12.0 Å². The highest BCUT2D eigenvalue weighted by Crippen LogP contribution is 2.31. The molecule has 0 saturated heterocycles. The van der Waals surface area contributed by atoms with E-state index in [0.29, 0.717) is 5.25 Å². The largest absolute Gasteiger partial charge is 0.289 e. The second-order valence-electron chi connectivity index (χ2n) is 4.97. The van der Waals surface area contributed by atoms with Crippen molar-refractivity contribution < 1.29 is 4.79 Å². The van der Waals surface area contributed by atoms with Gasteiger partial charge in [0.15, 0.2) is 5.78 Å². The van der Waals surface area contributed by atoms with Gasteiger partial charge in [0.25, 0.3) is 0 Å². The second-order valence-corrected chi connectivity index (χ2v) is 6.93. The molecule has 0 aliphatic rings.